The van der Waals surface area contributed by atoms with E-state index in [4.69, 9.17) is 16.2 Å². The smallest absolute Gasteiger partial charge is 0.266 e. The van der Waals surface area contributed by atoms with Crippen LogP contribution in [0.15, 0.2) is 66.7 Å². The summed E-state index contributed by atoms with van der Waals surface area (Å²) in [6.07, 6.45) is 0.774. The van der Waals surface area contributed by atoms with E-state index in [-0.39, 0.29) is 18.9 Å². The molecule has 3 N–H and O–H groups in total. The van der Waals surface area contributed by atoms with Gasteiger partial charge in [0.25, 0.3) is 16.0 Å². The number of nitrogens with one attached hydrogen (secondary N) is 2. The summed E-state index contributed by atoms with van der Waals surface area (Å²) in [5, 5.41) is 6.00. The highest BCUT2D eigenvalue weighted by Crippen LogP contribution is 2.27. The molecule has 3 aromatic carbocycles. The summed E-state index contributed by atoms with van der Waals surface area (Å²) in [5.41, 5.74) is 5.15. The molecule has 0 fully saturated rings. The topological polar surface area (TPSA) is 113 Å². The number of benzene rings is 3. The first-order valence-corrected chi connectivity index (χ1v) is 12.6. The summed E-state index contributed by atoms with van der Waals surface area (Å²) >= 11 is 6.02. The number of hydrogen-bond donors (Lipinski definition) is 3. The molecule has 0 unspecified atom stereocenters. The highest BCUT2D eigenvalue weighted by atomic mass is 35.5. The van der Waals surface area contributed by atoms with Crippen LogP contribution in [-0.4, -0.2) is 37.1 Å². The molecule has 0 bridgehead atoms. The quantitative estimate of drug-likeness (QED) is 0.374. The SMILES string of the molecule is Cc1cc(Cl)ccc1-c1ccc(NC(=O)CCc2ccc(C(=O)NCCS(=O)(=O)O)cc2)cc1. The molecule has 0 heterocycles. The highest BCUT2D eigenvalue weighted by molar-refractivity contribution is 7.85. The van der Waals surface area contributed by atoms with Gasteiger partial charge >= 0.3 is 0 Å². The molecule has 0 spiro atoms. The number of halogens is 1. The summed E-state index contributed by atoms with van der Waals surface area (Å²) in [6, 6.07) is 20.0. The molecule has 0 radical (unpaired) electrons. The molecule has 0 aromatic heterocycles. The first kappa shape index (κ1) is 25.4. The number of carbonyl (C=O) groups excluding carboxylic acids is 2. The molecule has 0 aliphatic heterocycles. The monoisotopic (exact) mass is 500 g/mol. The predicted molar refractivity (Wildman–Crippen MR) is 134 cm³/mol. The Morgan fingerprint density at radius 3 is 2.26 bits per heavy atom. The van der Waals surface area contributed by atoms with Crippen molar-refractivity contribution in [3.63, 3.8) is 0 Å². The average Bonchev–Trinajstić information content (AvgIpc) is 2.78. The molecule has 9 heteroatoms. The second-order valence-electron chi connectivity index (χ2n) is 7.82. The largest absolute Gasteiger partial charge is 0.351 e. The fraction of sp³-hybridized carbons (Fsp3) is 0.200. The van der Waals surface area contributed by atoms with Crippen LogP contribution in [0.4, 0.5) is 5.69 Å². The number of amides is 2. The van der Waals surface area contributed by atoms with Crippen molar-refractivity contribution in [3.05, 3.63) is 88.4 Å². The van der Waals surface area contributed by atoms with Gasteiger partial charge in [-0.1, -0.05) is 41.9 Å². The van der Waals surface area contributed by atoms with Gasteiger partial charge in [-0.2, -0.15) is 8.42 Å². The van der Waals surface area contributed by atoms with Gasteiger partial charge < -0.3 is 10.6 Å². The van der Waals surface area contributed by atoms with Crippen molar-refractivity contribution in [2.45, 2.75) is 19.8 Å². The van der Waals surface area contributed by atoms with Gasteiger partial charge in [-0.3, -0.25) is 14.1 Å². The molecule has 3 aromatic rings. The van der Waals surface area contributed by atoms with E-state index in [1.54, 1.807) is 24.3 Å². The molecule has 7 nitrogen and oxygen atoms in total. The third-order valence-corrected chi connectivity index (χ3v) is 6.13. The van der Waals surface area contributed by atoms with Gasteiger partial charge in [-0.25, -0.2) is 0 Å². The van der Waals surface area contributed by atoms with E-state index >= 15 is 0 Å². The van der Waals surface area contributed by atoms with E-state index in [2.05, 4.69) is 10.6 Å². The molecule has 0 aliphatic carbocycles. The number of rotatable bonds is 9. The van der Waals surface area contributed by atoms with Gasteiger partial charge in [0.15, 0.2) is 0 Å². The second kappa shape index (κ2) is 11.3. The van der Waals surface area contributed by atoms with Gasteiger partial charge in [0.2, 0.25) is 5.91 Å². The van der Waals surface area contributed by atoms with Crippen molar-refractivity contribution in [1.82, 2.24) is 5.32 Å². The van der Waals surface area contributed by atoms with Crippen LogP contribution in [0.2, 0.25) is 5.02 Å². The Morgan fingerprint density at radius 1 is 0.971 bits per heavy atom. The molecule has 178 valence electrons. The fourth-order valence-corrected chi connectivity index (χ4v) is 3.97. The van der Waals surface area contributed by atoms with Crippen molar-refractivity contribution in [2.24, 2.45) is 0 Å². The zero-order valence-corrected chi connectivity index (χ0v) is 20.1. The lowest BCUT2D eigenvalue weighted by atomic mass is 10.0. The Kier molecular flexibility index (Phi) is 8.44. The summed E-state index contributed by atoms with van der Waals surface area (Å²) in [6.45, 7) is 1.82. The third kappa shape index (κ3) is 7.69. The van der Waals surface area contributed by atoms with Crippen LogP contribution in [-0.2, 0) is 21.3 Å². The van der Waals surface area contributed by atoms with Crippen LogP contribution in [0.5, 0.6) is 0 Å². The minimum Gasteiger partial charge on any atom is -0.351 e. The molecule has 0 atom stereocenters. The van der Waals surface area contributed by atoms with E-state index < -0.39 is 21.8 Å². The normalized spacial score (nSPS) is 11.1. The molecule has 34 heavy (non-hydrogen) atoms. The first-order valence-electron chi connectivity index (χ1n) is 10.6. The van der Waals surface area contributed by atoms with Crippen LogP contribution >= 0.6 is 11.6 Å². The zero-order chi connectivity index (χ0) is 24.7. The molecule has 2 amide bonds. The molecule has 0 aliphatic rings. The lowest BCUT2D eigenvalue weighted by Gasteiger charge is -2.09. The average molecular weight is 501 g/mol. The van der Waals surface area contributed by atoms with Crippen molar-refractivity contribution in [2.75, 3.05) is 17.6 Å². The summed E-state index contributed by atoms with van der Waals surface area (Å²) in [4.78, 5) is 24.3. The van der Waals surface area contributed by atoms with Gasteiger partial charge in [0.05, 0.1) is 5.75 Å². The molecule has 3 rings (SSSR count). The minimum absolute atomic E-state index is 0.123. The van der Waals surface area contributed by atoms with Crippen LogP contribution < -0.4 is 10.6 Å². The lowest BCUT2D eigenvalue weighted by molar-refractivity contribution is -0.116. The van der Waals surface area contributed by atoms with Gasteiger partial charge in [0.1, 0.15) is 0 Å². The first-order chi connectivity index (χ1) is 16.1. The third-order valence-electron chi connectivity index (χ3n) is 5.17. The van der Waals surface area contributed by atoms with Crippen LogP contribution in [0.3, 0.4) is 0 Å². The standard InChI is InChI=1S/C25H25ClN2O5S/c1-17-16-21(26)9-12-23(17)19-7-10-22(11-8-19)28-24(29)13-4-18-2-5-20(6-3-18)25(30)27-14-15-34(31,32)33/h2-3,5-12,16H,4,13-15H2,1H3,(H,27,30)(H,28,29)(H,31,32,33). The van der Waals surface area contributed by atoms with Gasteiger partial charge in [-0.05, 0) is 72.0 Å². The summed E-state index contributed by atoms with van der Waals surface area (Å²) < 4.78 is 30.1. The summed E-state index contributed by atoms with van der Waals surface area (Å²) in [7, 11) is -4.12. The van der Waals surface area contributed by atoms with E-state index in [1.807, 2.05) is 49.4 Å². The molecule has 0 saturated carbocycles. The van der Waals surface area contributed by atoms with Crippen LogP contribution in [0, 0.1) is 6.92 Å². The van der Waals surface area contributed by atoms with Crippen molar-refractivity contribution in [1.29, 1.82) is 0 Å². The van der Waals surface area contributed by atoms with E-state index in [9.17, 15) is 18.0 Å². The maximum atomic E-state index is 12.3. The Bertz CT molecular complexity index is 1270. The Balaban J connectivity index is 1.48. The zero-order valence-electron chi connectivity index (χ0n) is 18.5. The lowest BCUT2D eigenvalue weighted by Crippen LogP contribution is -2.28. The van der Waals surface area contributed by atoms with Crippen molar-refractivity contribution >= 4 is 39.2 Å². The van der Waals surface area contributed by atoms with E-state index in [0.29, 0.717) is 22.7 Å². The highest BCUT2D eigenvalue weighted by Gasteiger charge is 2.10. The maximum absolute atomic E-state index is 12.3. The molecule has 0 saturated heterocycles. The van der Waals surface area contributed by atoms with Crippen LogP contribution in [0.25, 0.3) is 11.1 Å². The molecular weight excluding hydrogens is 476 g/mol. The number of aryl methyl sites for hydroxylation is 2. The van der Waals surface area contributed by atoms with Crippen LogP contribution in [0.1, 0.15) is 27.9 Å². The molecular formula is C25H25ClN2O5S. The van der Waals surface area contributed by atoms with Gasteiger partial charge in [0, 0.05) is 29.2 Å². The number of carbonyl (C=O) groups is 2. The Labute approximate surface area is 203 Å². The van der Waals surface area contributed by atoms with Gasteiger partial charge in [-0.15, -0.1) is 0 Å². The summed E-state index contributed by atoms with van der Waals surface area (Å²) in [5.74, 6) is -1.11. The Morgan fingerprint density at radius 2 is 1.65 bits per heavy atom. The van der Waals surface area contributed by atoms with E-state index in [1.165, 1.54) is 0 Å². The maximum Gasteiger partial charge on any atom is 0.266 e. The fourth-order valence-electron chi connectivity index (χ4n) is 3.38. The minimum atomic E-state index is -4.12. The van der Waals surface area contributed by atoms with E-state index in [0.717, 1.165) is 22.3 Å². The predicted octanol–water partition coefficient (Wildman–Crippen LogP) is 4.50. The Hall–Kier alpha value is -3.20. The van der Waals surface area contributed by atoms with Crippen molar-refractivity contribution < 1.29 is 22.6 Å². The van der Waals surface area contributed by atoms with Crippen molar-refractivity contribution in [3.8, 4) is 11.1 Å². The number of anilines is 1. The second-order valence-corrected chi connectivity index (χ2v) is 9.83. The number of hydrogen-bond acceptors (Lipinski definition) is 4.